The Morgan fingerprint density at radius 1 is 1.32 bits per heavy atom. The van der Waals surface area contributed by atoms with Crippen molar-refractivity contribution in [3.8, 4) is 0 Å². The molecule has 2 aliphatic rings. The van der Waals surface area contributed by atoms with Crippen molar-refractivity contribution in [2.75, 3.05) is 6.54 Å². The highest BCUT2D eigenvalue weighted by Gasteiger charge is 2.44. The summed E-state index contributed by atoms with van der Waals surface area (Å²) in [4.78, 5) is 4.43. The number of hydrogen-bond donors (Lipinski definition) is 2. The molecule has 1 aromatic carbocycles. The zero-order valence-electron chi connectivity index (χ0n) is 10.7. The van der Waals surface area contributed by atoms with Crippen LogP contribution in [-0.2, 0) is 5.41 Å². The number of rotatable bonds is 4. The zero-order valence-corrected chi connectivity index (χ0v) is 13.1. The molecule has 19 heavy (non-hydrogen) atoms. The predicted octanol–water partition coefficient (Wildman–Crippen LogP) is 2.54. The Balaban J connectivity index is 0.00000133. The smallest absolute Gasteiger partial charge is 0.188 e. The highest BCUT2D eigenvalue weighted by Crippen LogP contribution is 2.48. The minimum absolute atomic E-state index is 0. The molecule has 0 unspecified atom stereocenters. The van der Waals surface area contributed by atoms with Gasteiger partial charge in [0.05, 0.1) is 6.54 Å². The number of nitrogens with two attached hydrogens (primary N) is 1. The predicted molar refractivity (Wildman–Crippen MR) is 85.4 cm³/mol. The normalized spacial score (nSPS) is 20.6. The lowest BCUT2D eigenvalue weighted by atomic mass is 9.96. The fraction of sp³-hybridized carbons (Fsp3) is 0.500. The van der Waals surface area contributed by atoms with Crippen LogP contribution in [0, 0.1) is 5.82 Å². The molecule has 3 N–H and O–H groups in total. The van der Waals surface area contributed by atoms with Crippen molar-refractivity contribution in [2.24, 2.45) is 10.7 Å². The number of aliphatic imine (C=N–C) groups is 1. The maximum Gasteiger partial charge on any atom is 0.188 e. The van der Waals surface area contributed by atoms with Crippen molar-refractivity contribution < 1.29 is 4.39 Å². The molecule has 2 aliphatic carbocycles. The molecule has 104 valence electrons. The minimum atomic E-state index is -0.187. The summed E-state index contributed by atoms with van der Waals surface area (Å²) < 4.78 is 12.9. The molecule has 0 saturated heterocycles. The van der Waals surface area contributed by atoms with Crippen molar-refractivity contribution in [2.45, 2.75) is 37.1 Å². The van der Waals surface area contributed by atoms with Gasteiger partial charge in [-0.1, -0.05) is 12.1 Å². The lowest BCUT2D eigenvalue weighted by Crippen LogP contribution is -2.34. The van der Waals surface area contributed by atoms with E-state index in [4.69, 9.17) is 5.73 Å². The van der Waals surface area contributed by atoms with Crippen LogP contribution in [0.4, 0.5) is 4.39 Å². The Kier molecular flexibility index (Phi) is 4.32. The van der Waals surface area contributed by atoms with E-state index in [0.29, 0.717) is 18.5 Å². The summed E-state index contributed by atoms with van der Waals surface area (Å²) in [5.41, 5.74) is 7.10. The molecule has 3 rings (SSSR count). The largest absolute Gasteiger partial charge is 0.370 e. The van der Waals surface area contributed by atoms with Gasteiger partial charge in [-0.2, -0.15) is 0 Å². The molecule has 0 radical (unpaired) electrons. The van der Waals surface area contributed by atoms with E-state index in [1.165, 1.54) is 30.5 Å². The van der Waals surface area contributed by atoms with E-state index >= 15 is 0 Å². The second kappa shape index (κ2) is 5.64. The first-order valence-electron chi connectivity index (χ1n) is 6.50. The first kappa shape index (κ1) is 14.6. The van der Waals surface area contributed by atoms with E-state index in [0.717, 1.165) is 12.8 Å². The third-order valence-electron chi connectivity index (χ3n) is 3.79. The molecular formula is C14H19FIN3. The topological polar surface area (TPSA) is 50.4 Å². The van der Waals surface area contributed by atoms with Gasteiger partial charge in [0.1, 0.15) is 5.82 Å². The average Bonchev–Trinajstić information content (AvgIpc) is 3.23. The summed E-state index contributed by atoms with van der Waals surface area (Å²) in [5.74, 6) is 0.360. The monoisotopic (exact) mass is 375 g/mol. The maximum absolute atomic E-state index is 12.9. The molecule has 3 nitrogen and oxygen atoms in total. The molecule has 5 heteroatoms. The Hall–Kier alpha value is -0.850. The molecule has 1 aromatic rings. The number of guanidine groups is 1. The van der Waals surface area contributed by atoms with Gasteiger partial charge in [-0.15, -0.1) is 24.0 Å². The van der Waals surface area contributed by atoms with E-state index in [-0.39, 0.29) is 35.2 Å². The van der Waals surface area contributed by atoms with Crippen molar-refractivity contribution in [3.63, 3.8) is 0 Å². The summed E-state index contributed by atoms with van der Waals surface area (Å²) in [6.07, 6.45) is 4.61. The van der Waals surface area contributed by atoms with Crippen LogP contribution in [0.2, 0.25) is 0 Å². The third-order valence-corrected chi connectivity index (χ3v) is 3.79. The molecule has 0 atom stereocenters. The van der Waals surface area contributed by atoms with Gasteiger partial charge in [-0.3, -0.25) is 4.99 Å². The number of nitrogens with one attached hydrogen (secondary N) is 1. The fourth-order valence-electron chi connectivity index (χ4n) is 2.21. The van der Waals surface area contributed by atoms with Crippen LogP contribution < -0.4 is 11.1 Å². The van der Waals surface area contributed by atoms with Crippen LogP contribution in [-0.4, -0.2) is 18.5 Å². The Morgan fingerprint density at radius 3 is 2.47 bits per heavy atom. The SMILES string of the molecule is I.NC(=NCC1(c2ccc(F)cc2)CC1)NC1CC1. The minimum Gasteiger partial charge on any atom is -0.370 e. The Bertz CT molecular complexity index is 464. The maximum atomic E-state index is 12.9. The van der Waals surface area contributed by atoms with Gasteiger partial charge in [0.2, 0.25) is 0 Å². The van der Waals surface area contributed by atoms with Crippen molar-refractivity contribution >= 4 is 29.9 Å². The molecule has 0 heterocycles. The van der Waals surface area contributed by atoms with Gasteiger partial charge >= 0.3 is 0 Å². The van der Waals surface area contributed by atoms with Crippen molar-refractivity contribution in [1.82, 2.24) is 5.32 Å². The fourth-order valence-corrected chi connectivity index (χ4v) is 2.21. The lowest BCUT2D eigenvalue weighted by Gasteiger charge is -2.13. The lowest BCUT2D eigenvalue weighted by molar-refractivity contribution is 0.623. The number of halogens is 2. The second-order valence-electron chi connectivity index (χ2n) is 5.41. The summed E-state index contributed by atoms with van der Waals surface area (Å²) in [5, 5.41) is 3.18. The highest BCUT2D eigenvalue weighted by atomic mass is 127. The zero-order chi connectivity index (χ0) is 12.6. The van der Waals surface area contributed by atoms with E-state index in [1.807, 2.05) is 12.1 Å². The molecular weight excluding hydrogens is 356 g/mol. The van der Waals surface area contributed by atoms with Crippen LogP contribution in [0.25, 0.3) is 0 Å². The summed E-state index contributed by atoms with van der Waals surface area (Å²) in [7, 11) is 0. The molecule has 2 fully saturated rings. The summed E-state index contributed by atoms with van der Waals surface area (Å²) in [6.45, 7) is 0.699. The standard InChI is InChI=1S/C14H18FN3.HI/c15-11-3-1-10(2-4-11)14(7-8-14)9-17-13(16)18-12-5-6-12;/h1-4,12H,5-9H2,(H3,16,17,18);1H. The molecule has 0 aliphatic heterocycles. The van der Waals surface area contributed by atoms with E-state index in [1.54, 1.807) is 0 Å². The van der Waals surface area contributed by atoms with Crippen molar-refractivity contribution in [3.05, 3.63) is 35.6 Å². The summed E-state index contributed by atoms with van der Waals surface area (Å²) >= 11 is 0. The van der Waals surface area contributed by atoms with Crippen LogP contribution in [0.5, 0.6) is 0 Å². The van der Waals surface area contributed by atoms with Crippen LogP contribution in [0.3, 0.4) is 0 Å². The quantitative estimate of drug-likeness (QED) is 0.483. The Labute approximate surface area is 129 Å². The van der Waals surface area contributed by atoms with Gasteiger partial charge < -0.3 is 11.1 Å². The summed E-state index contributed by atoms with van der Waals surface area (Å²) in [6, 6.07) is 7.30. The van der Waals surface area contributed by atoms with E-state index in [9.17, 15) is 4.39 Å². The van der Waals surface area contributed by atoms with Crippen LogP contribution in [0.15, 0.2) is 29.3 Å². The van der Waals surface area contributed by atoms with Gasteiger partial charge in [-0.25, -0.2) is 4.39 Å². The van der Waals surface area contributed by atoms with E-state index in [2.05, 4.69) is 10.3 Å². The molecule has 0 bridgehead atoms. The van der Waals surface area contributed by atoms with Gasteiger partial charge in [0.15, 0.2) is 5.96 Å². The molecule has 0 amide bonds. The van der Waals surface area contributed by atoms with Crippen LogP contribution >= 0.6 is 24.0 Å². The second-order valence-corrected chi connectivity index (χ2v) is 5.41. The van der Waals surface area contributed by atoms with Gasteiger partial charge in [-0.05, 0) is 43.4 Å². The third kappa shape index (κ3) is 3.58. The van der Waals surface area contributed by atoms with Gasteiger partial charge in [0, 0.05) is 11.5 Å². The average molecular weight is 375 g/mol. The number of nitrogens with zero attached hydrogens (tertiary/aromatic N) is 1. The van der Waals surface area contributed by atoms with Crippen molar-refractivity contribution in [1.29, 1.82) is 0 Å². The van der Waals surface area contributed by atoms with E-state index < -0.39 is 0 Å². The first-order valence-corrected chi connectivity index (χ1v) is 6.50. The molecule has 2 saturated carbocycles. The van der Waals surface area contributed by atoms with Gasteiger partial charge in [0.25, 0.3) is 0 Å². The Morgan fingerprint density at radius 2 is 1.95 bits per heavy atom. The number of benzene rings is 1. The molecule has 0 spiro atoms. The number of hydrogen-bond acceptors (Lipinski definition) is 1. The van der Waals surface area contributed by atoms with Crippen LogP contribution in [0.1, 0.15) is 31.2 Å². The highest BCUT2D eigenvalue weighted by molar-refractivity contribution is 14.0. The first-order chi connectivity index (χ1) is 8.68. The molecule has 0 aromatic heterocycles.